The molecule has 1 saturated heterocycles. The van der Waals surface area contributed by atoms with Crippen LogP contribution in [0.5, 0.6) is 0 Å². The van der Waals surface area contributed by atoms with Gasteiger partial charge in [0.05, 0.1) is 0 Å². The van der Waals surface area contributed by atoms with Gasteiger partial charge in [0.15, 0.2) is 5.49 Å². The van der Waals surface area contributed by atoms with Crippen LogP contribution in [0.2, 0.25) is 0 Å². The first-order valence-electron chi connectivity index (χ1n) is 5.07. The van der Waals surface area contributed by atoms with Crippen LogP contribution in [-0.2, 0) is 0 Å². The Hall–Kier alpha value is -1.72. The maximum atomic E-state index is 9.25. The first kappa shape index (κ1) is 9.82. The minimum absolute atomic E-state index is 0.0388. The van der Waals surface area contributed by atoms with Crippen LogP contribution in [0.4, 0.5) is 11.8 Å². The molecule has 0 bridgehead atoms. The fourth-order valence-corrected chi connectivity index (χ4v) is 1.79. The zero-order valence-corrected chi connectivity index (χ0v) is 8.48. The van der Waals surface area contributed by atoms with E-state index < -0.39 is 0 Å². The van der Waals surface area contributed by atoms with Gasteiger partial charge in [0.25, 0.3) is 0 Å². The number of rotatable bonds is 1. The van der Waals surface area contributed by atoms with Crippen LogP contribution in [0, 0.1) is 5.41 Å². The molecule has 0 amide bonds. The molecule has 0 unspecified atom stereocenters. The molecule has 0 saturated carbocycles. The largest absolute Gasteiger partial charge is 0.423 e. The zero-order valence-electron chi connectivity index (χ0n) is 8.48. The highest BCUT2D eigenvalue weighted by atomic mass is 16.5. The van der Waals surface area contributed by atoms with E-state index in [1.807, 2.05) is 0 Å². The number of nitrogens with one attached hydrogen (secondary N) is 1. The fourth-order valence-electron chi connectivity index (χ4n) is 1.79. The fraction of sp³-hybridized carbons (Fsp3) is 0.556. The highest BCUT2D eigenvalue weighted by Crippen LogP contribution is 2.16. The molecule has 6 nitrogen and oxygen atoms in total. The Labute approximate surface area is 87.4 Å². The maximum absolute atomic E-state index is 9.25. The van der Waals surface area contributed by atoms with Gasteiger partial charge in [0.2, 0.25) is 5.95 Å². The molecule has 82 valence electrons. The lowest BCUT2D eigenvalue weighted by Gasteiger charge is -2.27. The molecule has 1 aliphatic rings. The predicted molar refractivity (Wildman–Crippen MR) is 55.7 cm³/mol. The van der Waals surface area contributed by atoms with Gasteiger partial charge in [-0.25, -0.2) is 0 Å². The van der Waals surface area contributed by atoms with Gasteiger partial charge in [0.1, 0.15) is 5.82 Å². The van der Waals surface area contributed by atoms with E-state index in [9.17, 15) is 5.21 Å². The maximum Gasteiger partial charge on any atom is 0.238 e. The van der Waals surface area contributed by atoms with Crippen LogP contribution in [-0.4, -0.2) is 28.0 Å². The first-order chi connectivity index (χ1) is 7.18. The molecule has 2 heterocycles. The van der Waals surface area contributed by atoms with E-state index in [1.165, 1.54) is 12.5 Å². The highest BCUT2D eigenvalue weighted by Gasteiger charge is 2.13. The number of hydrogen-bond donors (Lipinski definition) is 3. The topological polar surface area (TPSA) is 91.2 Å². The molecule has 6 heteroatoms. The van der Waals surface area contributed by atoms with E-state index in [0.29, 0.717) is 10.5 Å². The molecule has 0 radical (unpaired) electrons. The van der Waals surface area contributed by atoms with Crippen molar-refractivity contribution in [3.63, 3.8) is 0 Å². The molecule has 4 N–H and O–H groups in total. The summed E-state index contributed by atoms with van der Waals surface area (Å²) in [4.78, 5) is 6.15. The number of piperidine rings is 1. The van der Waals surface area contributed by atoms with Crippen molar-refractivity contribution in [1.29, 1.82) is 5.41 Å². The summed E-state index contributed by atoms with van der Waals surface area (Å²) < 4.78 is 0.577. The summed E-state index contributed by atoms with van der Waals surface area (Å²) in [5.74, 6) is 0.644. The Bertz CT molecular complexity index is 407. The van der Waals surface area contributed by atoms with Gasteiger partial charge in [-0.05, 0) is 19.3 Å². The van der Waals surface area contributed by atoms with Crippen LogP contribution in [0.15, 0.2) is 6.07 Å². The second kappa shape index (κ2) is 3.80. The molecule has 0 spiro atoms. The van der Waals surface area contributed by atoms with E-state index in [1.54, 1.807) is 0 Å². The number of nitrogens with zero attached hydrogens (tertiary/aromatic N) is 3. The summed E-state index contributed by atoms with van der Waals surface area (Å²) in [6.07, 6.45) is 3.53. The van der Waals surface area contributed by atoms with Gasteiger partial charge >= 0.3 is 0 Å². The molecule has 0 aliphatic carbocycles. The van der Waals surface area contributed by atoms with Crippen molar-refractivity contribution in [3.8, 4) is 0 Å². The molecule has 15 heavy (non-hydrogen) atoms. The molecular weight excluding hydrogens is 194 g/mol. The van der Waals surface area contributed by atoms with Crippen molar-refractivity contribution < 1.29 is 5.21 Å². The molecule has 1 aromatic heterocycles. The van der Waals surface area contributed by atoms with Gasteiger partial charge in [-0.3, -0.25) is 5.41 Å². The quantitative estimate of drug-likeness (QED) is 0.575. The molecular formula is C9H15N5O. The number of hydrogen-bond acceptors (Lipinski definition) is 5. The van der Waals surface area contributed by atoms with E-state index in [0.717, 1.165) is 25.9 Å². The van der Waals surface area contributed by atoms with Gasteiger partial charge < -0.3 is 15.8 Å². The van der Waals surface area contributed by atoms with Gasteiger partial charge in [-0.2, -0.15) is 4.98 Å². The van der Waals surface area contributed by atoms with Crippen molar-refractivity contribution in [2.24, 2.45) is 0 Å². The highest BCUT2D eigenvalue weighted by molar-refractivity contribution is 5.41. The molecule has 1 aliphatic heterocycles. The summed E-state index contributed by atoms with van der Waals surface area (Å²) in [5.41, 5.74) is 5.44. The number of nitrogens with two attached hydrogens (primary N) is 1. The minimum atomic E-state index is -0.0388. The Morgan fingerprint density at radius 3 is 2.60 bits per heavy atom. The van der Waals surface area contributed by atoms with E-state index >= 15 is 0 Å². The smallest absolute Gasteiger partial charge is 0.238 e. The molecule has 0 aromatic carbocycles. The molecule has 1 fully saturated rings. The Balaban J connectivity index is 2.32. The standard InChI is InChI=1S/C9H15N5O/c10-7-6-8(12-9(11)14(7)15)13-4-2-1-3-5-13/h6,10,15H,1-5H2,(H2,11,12). The normalized spacial score (nSPS) is 16.7. The zero-order chi connectivity index (χ0) is 10.8. The third-order valence-corrected chi connectivity index (χ3v) is 2.62. The SMILES string of the molecule is N=c1cc(N2CCCCC2)nc(N)n1O. The number of aromatic nitrogens is 2. The molecule has 1 aromatic rings. The molecule has 0 atom stereocenters. The predicted octanol–water partition coefficient (Wildman–Crippen LogP) is 0.172. The van der Waals surface area contributed by atoms with Crippen LogP contribution in [0.3, 0.4) is 0 Å². The van der Waals surface area contributed by atoms with Gasteiger partial charge in [0, 0.05) is 19.2 Å². The third kappa shape index (κ3) is 1.88. The summed E-state index contributed by atoms with van der Waals surface area (Å²) >= 11 is 0. The lowest BCUT2D eigenvalue weighted by Crippen LogP contribution is -2.33. The Morgan fingerprint density at radius 1 is 1.33 bits per heavy atom. The summed E-state index contributed by atoms with van der Waals surface area (Å²) in [6.45, 7) is 1.89. The second-order valence-electron chi connectivity index (χ2n) is 3.72. The molecule has 2 rings (SSSR count). The average Bonchev–Trinajstić information content (AvgIpc) is 2.26. The van der Waals surface area contributed by atoms with E-state index in [4.69, 9.17) is 11.1 Å². The summed E-state index contributed by atoms with van der Waals surface area (Å²) in [7, 11) is 0. The van der Waals surface area contributed by atoms with Crippen molar-refractivity contribution >= 4 is 11.8 Å². The lowest BCUT2D eigenvalue weighted by molar-refractivity contribution is 0.174. The number of anilines is 2. The van der Waals surface area contributed by atoms with Crippen LogP contribution >= 0.6 is 0 Å². The van der Waals surface area contributed by atoms with Gasteiger partial charge in [-0.1, -0.05) is 0 Å². The summed E-state index contributed by atoms with van der Waals surface area (Å²) in [6, 6.07) is 1.53. The van der Waals surface area contributed by atoms with Crippen molar-refractivity contribution in [1.82, 2.24) is 9.71 Å². The summed E-state index contributed by atoms with van der Waals surface area (Å²) in [5, 5.41) is 16.7. The first-order valence-corrected chi connectivity index (χ1v) is 5.07. The second-order valence-corrected chi connectivity index (χ2v) is 3.72. The third-order valence-electron chi connectivity index (χ3n) is 2.62. The minimum Gasteiger partial charge on any atom is -0.423 e. The van der Waals surface area contributed by atoms with Crippen molar-refractivity contribution in [2.45, 2.75) is 19.3 Å². The number of nitrogen functional groups attached to an aromatic ring is 1. The average molecular weight is 209 g/mol. The monoisotopic (exact) mass is 209 g/mol. The van der Waals surface area contributed by atoms with Crippen molar-refractivity contribution in [2.75, 3.05) is 23.7 Å². The van der Waals surface area contributed by atoms with Crippen LogP contribution in [0.25, 0.3) is 0 Å². The van der Waals surface area contributed by atoms with E-state index in [-0.39, 0.29) is 11.4 Å². The Kier molecular flexibility index (Phi) is 2.49. The Morgan fingerprint density at radius 2 is 2.00 bits per heavy atom. The van der Waals surface area contributed by atoms with Gasteiger partial charge in [-0.15, -0.1) is 4.73 Å². The van der Waals surface area contributed by atoms with Crippen LogP contribution in [0.1, 0.15) is 19.3 Å². The van der Waals surface area contributed by atoms with Crippen LogP contribution < -0.4 is 16.1 Å². The lowest BCUT2D eigenvalue weighted by atomic mass is 10.1. The van der Waals surface area contributed by atoms with Crippen molar-refractivity contribution in [3.05, 3.63) is 11.6 Å². The van der Waals surface area contributed by atoms with E-state index in [2.05, 4.69) is 9.88 Å².